The number of carbonyl (C=O) groups excluding carboxylic acids is 1. The third kappa shape index (κ3) is 3.71. The highest BCUT2D eigenvalue weighted by Crippen LogP contribution is 2.27. The van der Waals surface area contributed by atoms with Gasteiger partial charge in [0.15, 0.2) is 0 Å². The Morgan fingerprint density at radius 2 is 2.29 bits per heavy atom. The van der Waals surface area contributed by atoms with E-state index in [9.17, 15) is 4.79 Å². The number of carbonyl (C=O) groups is 1. The number of hydrogen-bond acceptors (Lipinski definition) is 3. The summed E-state index contributed by atoms with van der Waals surface area (Å²) in [4.78, 5) is 11.7. The molecule has 4 nitrogen and oxygen atoms in total. The molecule has 1 fully saturated rings. The maximum absolute atomic E-state index is 11.7. The van der Waals surface area contributed by atoms with Gasteiger partial charge in [-0.3, -0.25) is 4.79 Å². The van der Waals surface area contributed by atoms with Gasteiger partial charge < -0.3 is 15.4 Å². The summed E-state index contributed by atoms with van der Waals surface area (Å²) < 4.78 is 5.96. The molecule has 1 amide bonds. The van der Waals surface area contributed by atoms with E-state index in [4.69, 9.17) is 4.74 Å². The van der Waals surface area contributed by atoms with Crippen LogP contribution in [-0.4, -0.2) is 25.6 Å². The SMILES string of the molecule is COc1ccc(Br)c(NC(=O)CNC2CC2)c1. The molecule has 0 unspecified atom stereocenters. The zero-order valence-electron chi connectivity index (χ0n) is 9.63. The van der Waals surface area contributed by atoms with Crippen LogP contribution >= 0.6 is 15.9 Å². The molecular formula is C12H15BrN2O2. The Hall–Kier alpha value is -1.07. The van der Waals surface area contributed by atoms with E-state index >= 15 is 0 Å². The number of amides is 1. The minimum Gasteiger partial charge on any atom is -0.497 e. The number of rotatable bonds is 5. The van der Waals surface area contributed by atoms with Gasteiger partial charge in [-0.05, 0) is 40.9 Å². The molecule has 0 aromatic heterocycles. The maximum atomic E-state index is 11.7. The molecule has 0 spiro atoms. The summed E-state index contributed by atoms with van der Waals surface area (Å²) >= 11 is 3.39. The first-order valence-electron chi connectivity index (χ1n) is 5.56. The van der Waals surface area contributed by atoms with Crippen molar-refractivity contribution < 1.29 is 9.53 Å². The van der Waals surface area contributed by atoms with Gasteiger partial charge in [-0.2, -0.15) is 0 Å². The Bertz CT molecular complexity index is 419. The zero-order chi connectivity index (χ0) is 12.3. The summed E-state index contributed by atoms with van der Waals surface area (Å²) in [6.45, 7) is 0.355. The van der Waals surface area contributed by atoms with Crippen molar-refractivity contribution in [1.29, 1.82) is 0 Å². The lowest BCUT2D eigenvalue weighted by molar-refractivity contribution is -0.115. The highest BCUT2D eigenvalue weighted by molar-refractivity contribution is 9.10. The molecule has 92 valence electrons. The minimum absolute atomic E-state index is 0.0362. The molecule has 0 bridgehead atoms. The fraction of sp³-hybridized carbons (Fsp3) is 0.417. The molecule has 17 heavy (non-hydrogen) atoms. The van der Waals surface area contributed by atoms with Crippen LogP contribution in [0.15, 0.2) is 22.7 Å². The van der Waals surface area contributed by atoms with Crippen LogP contribution < -0.4 is 15.4 Å². The van der Waals surface area contributed by atoms with Gasteiger partial charge in [0.25, 0.3) is 0 Å². The lowest BCUT2D eigenvalue weighted by Crippen LogP contribution is -2.29. The zero-order valence-corrected chi connectivity index (χ0v) is 11.2. The van der Waals surface area contributed by atoms with E-state index in [0.717, 1.165) is 15.9 Å². The molecule has 5 heteroatoms. The third-order valence-electron chi connectivity index (χ3n) is 2.58. The van der Waals surface area contributed by atoms with E-state index in [1.807, 2.05) is 12.1 Å². The normalized spacial score (nSPS) is 14.5. The standard InChI is InChI=1S/C12H15BrN2O2/c1-17-9-4-5-10(13)11(6-9)15-12(16)7-14-8-2-3-8/h4-6,8,14H,2-3,7H2,1H3,(H,15,16). The number of methoxy groups -OCH3 is 1. The van der Waals surface area contributed by atoms with E-state index in [2.05, 4.69) is 26.6 Å². The van der Waals surface area contributed by atoms with Crippen LogP contribution in [0.25, 0.3) is 0 Å². The van der Waals surface area contributed by atoms with Crippen molar-refractivity contribution in [2.45, 2.75) is 18.9 Å². The second-order valence-electron chi connectivity index (χ2n) is 4.05. The van der Waals surface area contributed by atoms with Crippen molar-refractivity contribution in [1.82, 2.24) is 5.32 Å². The van der Waals surface area contributed by atoms with E-state index in [0.29, 0.717) is 12.6 Å². The lowest BCUT2D eigenvalue weighted by Gasteiger charge is -2.09. The Kier molecular flexibility index (Phi) is 4.02. The van der Waals surface area contributed by atoms with Crippen LogP contribution in [0.3, 0.4) is 0 Å². The first-order valence-corrected chi connectivity index (χ1v) is 6.35. The second kappa shape index (κ2) is 5.51. The van der Waals surface area contributed by atoms with Gasteiger partial charge in [0.05, 0.1) is 19.3 Å². The van der Waals surface area contributed by atoms with E-state index in [1.165, 1.54) is 12.8 Å². The molecule has 1 aliphatic rings. The number of hydrogen-bond donors (Lipinski definition) is 2. The summed E-state index contributed by atoms with van der Waals surface area (Å²) in [5, 5.41) is 6.01. The van der Waals surface area contributed by atoms with Crippen molar-refractivity contribution in [3.63, 3.8) is 0 Å². The van der Waals surface area contributed by atoms with Crippen LogP contribution in [0, 0.1) is 0 Å². The van der Waals surface area contributed by atoms with Gasteiger partial charge in [-0.25, -0.2) is 0 Å². The first kappa shape index (κ1) is 12.4. The van der Waals surface area contributed by atoms with Crippen molar-refractivity contribution in [3.05, 3.63) is 22.7 Å². The molecule has 0 heterocycles. The molecule has 2 N–H and O–H groups in total. The smallest absolute Gasteiger partial charge is 0.238 e. The number of benzene rings is 1. The average molecular weight is 299 g/mol. The van der Waals surface area contributed by atoms with Gasteiger partial charge in [0, 0.05) is 16.6 Å². The molecule has 2 rings (SSSR count). The average Bonchev–Trinajstić information content (AvgIpc) is 3.13. The fourth-order valence-corrected chi connectivity index (χ4v) is 1.79. The van der Waals surface area contributed by atoms with Gasteiger partial charge in [-0.15, -0.1) is 0 Å². The summed E-state index contributed by atoms with van der Waals surface area (Å²) in [7, 11) is 1.60. The molecule has 1 aliphatic carbocycles. The van der Waals surface area contributed by atoms with Gasteiger partial charge in [0.1, 0.15) is 5.75 Å². The largest absolute Gasteiger partial charge is 0.497 e. The first-order chi connectivity index (χ1) is 8.19. The van der Waals surface area contributed by atoms with Gasteiger partial charge in [-0.1, -0.05) is 0 Å². The van der Waals surface area contributed by atoms with Gasteiger partial charge in [0.2, 0.25) is 5.91 Å². The quantitative estimate of drug-likeness (QED) is 0.876. The molecule has 1 saturated carbocycles. The molecule has 1 aromatic carbocycles. The summed E-state index contributed by atoms with van der Waals surface area (Å²) in [5.74, 6) is 0.685. The monoisotopic (exact) mass is 298 g/mol. The van der Waals surface area contributed by atoms with Crippen LogP contribution in [0.1, 0.15) is 12.8 Å². The van der Waals surface area contributed by atoms with Crippen LogP contribution in [0.4, 0.5) is 5.69 Å². The number of anilines is 1. The van der Waals surface area contributed by atoms with E-state index in [-0.39, 0.29) is 5.91 Å². The van der Waals surface area contributed by atoms with E-state index < -0.39 is 0 Å². The van der Waals surface area contributed by atoms with Crippen molar-refractivity contribution in [2.75, 3.05) is 19.0 Å². The van der Waals surface area contributed by atoms with Gasteiger partial charge >= 0.3 is 0 Å². The minimum atomic E-state index is -0.0362. The molecular weight excluding hydrogens is 284 g/mol. The number of halogens is 1. The summed E-state index contributed by atoms with van der Waals surface area (Å²) in [6, 6.07) is 6.01. The fourth-order valence-electron chi connectivity index (χ4n) is 1.45. The van der Waals surface area contributed by atoms with E-state index in [1.54, 1.807) is 13.2 Å². The van der Waals surface area contributed by atoms with Crippen molar-refractivity contribution in [2.24, 2.45) is 0 Å². The van der Waals surface area contributed by atoms with Crippen LogP contribution in [-0.2, 0) is 4.79 Å². The molecule has 0 radical (unpaired) electrons. The Morgan fingerprint density at radius 1 is 1.53 bits per heavy atom. The summed E-state index contributed by atoms with van der Waals surface area (Å²) in [6.07, 6.45) is 2.35. The predicted molar refractivity (Wildman–Crippen MR) is 70.3 cm³/mol. The Balaban J connectivity index is 1.93. The molecule has 1 aromatic rings. The van der Waals surface area contributed by atoms with Crippen LogP contribution in [0.2, 0.25) is 0 Å². The summed E-state index contributed by atoms with van der Waals surface area (Å²) in [5.41, 5.74) is 0.729. The van der Waals surface area contributed by atoms with Crippen molar-refractivity contribution >= 4 is 27.5 Å². The highest BCUT2D eigenvalue weighted by Gasteiger charge is 2.21. The molecule has 0 saturated heterocycles. The maximum Gasteiger partial charge on any atom is 0.238 e. The lowest BCUT2D eigenvalue weighted by atomic mass is 10.3. The number of ether oxygens (including phenoxy) is 1. The number of nitrogens with one attached hydrogen (secondary N) is 2. The highest BCUT2D eigenvalue weighted by atomic mass is 79.9. The molecule has 0 atom stereocenters. The van der Waals surface area contributed by atoms with Crippen molar-refractivity contribution in [3.8, 4) is 5.75 Å². The molecule has 0 aliphatic heterocycles. The third-order valence-corrected chi connectivity index (χ3v) is 3.27. The van der Waals surface area contributed by atoms with Crippen LogP contribution in [0.5, 0.6) is 5.75 Å². The second-order valence-corrected chi connectivity index (χ2v) is 4.90. The predicted octanol–water partition coefficient (Wildman–Crippen LogP) is 2.15. The Morgan fingerprint density at radius 3 is 2.94 bits per heavy atom. The topological polar surface area (TPSA) is 50.4 Å². The Labute approximate surface area is 109 Å².